The first-order chi connectivity index (χ1) is 8.93. The second-order valence-electron chi connectivity index (χ2n) is 4.13. The van der Waals surface area contributed by atoms with Gasteiger partial charge in [0.25, 0.3) is 0 Å². The number of benzene rings is 1. The number of halogens is 1. The number of rotatable bonds is 3. The molecule has 1 aliphatic rings. The third-order valence-corrected chi connectivity index (χ3v) is 4.82. The van der Waals surface area contributed by atoms with E-state index in [1.165, 1.54) is 0 Å². The number of nitrogens with one attached hydrogen (secondary N) is 1. The van der Waals surface area contributed by atoms with Crippen LogP contribution in [-0.4, -0.2) is 49.5 Å². The van der Waals surface area contributed by atoms with Crippen LogP contribution in [0.2, 0.25) is 0 Å². The highest BCUT2D eigenvalue weighted by molar-refractivity contribution is 7.89. The van der Waals surface area contributed by atoms with Crippen LogP contribution in [0.15, 0.2) is 29.2 Å². The molecule has 0 aliphatic carbocycles. The number of nitrogens with zero attached hydrogens (tertiary/aromatic N) is 1. The molecule has 2 N–H and O–H groups in total. The quantitative estimate of drug-likeness (QED) is 0.809. The monoisotopic (exact) mass is 288 g/mol. The molecule has 1 heterocycles. The van der Waals surface area contributed by atoms with Crippen molar-refractivity contribution in [2.75, 3.05) is 19.6 Å². The Hall–Kier alpha value is -1.51. The highest BCUT2D eigenvalue weighted by Gasteiger charge is 2.37. The molecule has 1 unspecified atom stereocenters. The van der Waals surface area contributed by atoms with Gasteiger partial charge in [-0.1, -0.05) is 0 Å². The Labute approximate surface area is 109 Å². The summed E-state index contributed by atoms with van der Waals surface area (Å²) in [4.78, 5) is 11.0. The lowest BCUT2D eigenvalue weighted by Crippen LogP contribution is -2.56. The predicted octanol–water partition coefficient (Wildman–Crippen LogP) is -0.127. The molecule has 19 heavy (non-hydrogen) atoms. The minimum atomic E-state index is -3.93. The highest BCUT2D eigenvalue weighted by Crippen LogP contribution is 2.19. The summed E-state index contributed by atoms with van der Waals surface area (Å²) in [5, 5.41) is 11.9. The van der Waals surface area contributed by atoms with E-state index in [2.05, 4.69) is 5.32 Å². The third-order valence-electron chi connectivity index (χ3n) is 2.90. The molecule has 1 aliphatic heterocycles. The predicted molar refractivity (Wildman–Crippen MR) is 64.6 cm³/mol. The molecule has 104 valence electrons. The molecule has 6 nitrogen and oxygen atoms in total. The minimum absolute atomic E-state index is 0.0513. The summed E-state index contributed by atoms with van der Waals surface area (Å²) in [6.07, 6.45) is 0. The number of sulfonamides is 1. The van der Waals surface area contributed by atoms with Crippen LogP contribution in [0, 0.1) is 5.82 Å². The molecule has 0 amide bonds. The normalized spacial score (nSPS) is 21.2. The van der Waals surface area contributed by atoms with Gasteiger partial charge in [-0.3, -0.25) is 4.79 Å². The van der Waals surface area contributed by atoms with Gasteiger partial charge in [-0.05, 0) is 24.3 Å². The zero-order valence-corrected chi connectivity index (χ0v) is 10.7. The first-order valence-electron chi connectivity index (χ1n) is 5.64. The molecular weight excluding hydrogens is 275 g/mol. The number of hydrogen-bond donors (Lipinski definition) is 2. The average Bonchev–Trinajstić information content (AvgIpc) is 2.39. The molecule has 0 spiro atoms. The maximum atomic E-state index is 12.8. The smallest absolute Gasteiger partial charge is 0.323 e. The van der Waals surface area contributed by atoms with Gasteiger partial charge < -0.3 is 10.4 Å². The molecule has 0 aromatic heterocycles. The zero-order chi connectivity index (χ0) is 14.0. The van der Waals surface area contributed by atoms with E-state index in [-0.39, 0.29) is 18.0 Å². The minimum Gasteiger partial charge on any atom is -0.480 e. The van der Waals surface area contributed by atoms with Gasteiger partial charge in [-0.25, -0.2) is 12.8 Å². The van der Waals surface area contributed by atoms with E-state index in [9.17, 15) is 17.6 Å². The van der Waals surface area contributed by atoms with Crippen molar-refractivity contribution in [3.8, 4) is 0 Å². The lowest BCUT2D eigenvalue weighted by Gasteiger charge is -2.32. The van der Waals surface area contributed by atoms with Gasteiger partial charge in [0.15, 0.2) is 0 Å². The molecule has 0 radical (unpaired) electrons. The summed E-state index contributed by atoms with van der Waals surface area (Å²) < 4.78 is 38.4. The lowest BCUT2D eigenvalue weighted by atomic mass is 10.2. The van der Waals surface area contributed by atoms with E-state index in [0.717, 1.165) is 28.6 Å². The fourth-order valence-corrected chi connectivity index (χ4v) is 3.51. The van der Waals surface area contributed by atoms with Crippen molar-refractivity contribution in [3.63, 3.8) is 0 Å². The Morgan fingerprint density at radius 3 is 2.58 bits per heavy atom. The number of carboxylic acids is 1. The van der Waals surface area contributed by atoms with Crippen LogP contribution in [0.25, 0.3) is 0 Å². The molecule has 1 atom stereocenters. The molecule has 1 saturated heterocycles. The fourth-order valence-electron chi connectivity index (χ4n) is 1.93. The van der Waals surface area contributed by atoms with E-state index in [1.54, 1.807) is 0 Å². The fraction of sp³-hybridized carbons (Fsp3) is 0.364. The van der Waals surface area contributed by atoms with Gasteiger partial charge in [0.2, 0.25) is 10.0 Å². The molecule has 1 aromatic rings. The van der Waals surface area contributed by atoms with Crippen LogP contribution in [0.1, 0.15) is 0 Å². The Morgan fingerprint density at radius 2 is 2.00 bits per heavy atom. The number of carbonyl (C=O) groups is 1. The van der Waals surface area contributed by atoms with Gasteiger partial charge in [-0.15, -0.1) is 0 Å². The van der Waals surface area contributed by atoms with E-state index in [1.807, 2.05) is 0 Å². The zero-order valence-electron chi connectivity index (χ0n) is 9.91. The molecule has 1 fully saturated rings. The van der Waals surface area contributed by atoms with Crippen molar-refractivity contribution < 1.29 is 22.7 Å². The van der Waals surface area contributed by atoms with Crippen molar-refractivity contribution in [2.45, 2.75) is 10.9 Å². The number of hydrogen-bond acceptors (Lipinski definition) is 4. The van der Waals surface area contributed by atoms with Crippen molar-refractivity contribution in [2.24, 2.45) is 0 Å². The third kappa shape index (κ3) is 2.75. The molecule has 1 aromatic carbocycles. The lowest BCUT2D eigenvalue weighted by molar-refractivity contribution is -0.141. The number of piperazine rings is 1. The first kappa shape index (κ1) is 13.9. The van der Waals surface area contributed by atoms with E-state index < -0.39 is 27.9 Å². The summed E-state index contributed by atoms with van der Waals surface area (Å²) in [5.41, 5.74) is 0. The molecule has 0 bridgehead atoms. The molecule has 0 saturated carbocycles. The van der Waals surface area contributed by atoms with Gasteiger partial charge in [0.1, 0.15) is 11.9 Å². The van der Waals surface area contributed by atoms with Gasteiger partial charge in [-0.2, -0.15) is 4.31 Å². The second-order valence-corrected chi connectivity index (χ2v) is 6.02. The standard InChI is InChI=1S/C11H13FN2O4S/c12-8-1-3-9(4-2-8)19(17,18)14-6-5-13-7-10(14)11(15)16/h1-4,10,13H,5-7H2,(H,15,16). The summed E-state index contributed by atoms with van der Waals surface area (Å²) >= 11 is 0. The molecule has 8 heteroatoms. The number of aliphatic carboxylic acids is 1. The Balaban J connectivity index is 2.37. The second kappa shape index (κ2) is 5.24. The summed E-state index contributed by atoms with van der Waals surface area (Å²) in [5.74, 6) is -1.76. The van der Waals surface area contributed by atoms with Gasteiger partial charge in [0.05, 0.1) is 4.90 Å². The van der Waals surface area contributed by atoms with Gasteiger partial charge >= 0.3 is 5.97 Å². The largest absolute Gasteiger partial charge is 0.480 e. The van der Waals surface area contributed by atoms with E-state index in [4.69, 9.17) is 5.11 Å². The maximum Gasteiger partial charge on any atom is 0.323 e. The molecular formula is C11H13FN2O4S. The topological polar surface area (TPSA) is 86.7 Å². The van der Waals surface area contributed by atoms with Gasteiger partial charge in [0, 0.05) is 19.6 Å². The Kier molecular flexibility index (Phi) is 3.83. The van der Waals surface area contributed by atoms with E-state index in [0.29, 0.717) is 6.54 Å². The van der Waals surface area contributed by atoms with Crippen molar-refractivity contribution in [1.29, 1.82) is 0 Å². The van der Waals surface area contributed by atoms with Crippen molar-refractivity contribution >= 4 is 16.0 Å². The molecule has 2 rings (SSSR count). The number of carboxylic acid groups (broad SMARTS) is 1. The van der Waals surface area contributed by atoms with Crippen LogP contribution in [0.4, 0.5) is 4.39 Å². The Morgan fingerprint density at radius 1 is 1.37 bits per heavy atom. The van der Waals surface area contributed by atoms with Crippen molar-refractivity contribution in [3.05, 3.63) is 30.1 Å². The highest BCUT2D eigenvalue weighted by atomic mass is 32.2. The van der Waals surface area contributed by atoms with Crippen LogP contribution in [-0.2, 0) is 14.8 Å². The Bertz CT molecular complexity index is 573. The summed E-state index contributed by atoms with van der Waals surface area (Å²) in [6.45, 7) is 0.497. The SMILES string of the molecule is O=C(O)C1CNCCN1S(=O)(=O)c1ccc(F)cc1. The van der Waals surface area contributed by atoms with Crippen LogP contribution < -0.4 is 5.32 Å². The van der Waals surface area contributed by atoms with Crippen LogP contribution >= 0.6 is 0 Å². The first-order valence-corrected chi connectivity index (χ1v) is 7.08. The van der Waals surface area contributed by atoms with Crippen LogP contribution in [0.3, 0.4) is 0 Å². The average molecular weight is 288 g/mol. The summed E-state index contributed by atoms with van der Waals surface area (Å²) in [7, 11) is -3.93. The maximum absolute atomic E-state index is 12.8. The van der Waals surface area contributed by atoms with Crippen LogP contribution in [0.5, 0.6) is 0 Å². The summed E-state index contributed by atoms with van der Waals surface area (Å²) in [6, 6.07) is 3.18. The van der Waals surface area contributed by atoms with E-state index >= 15 is 0 Å². The van der Waals surface area contributed by atoms with Crippen molar-refractivity contribution in [1.82, 2.24) is 9.62 Å².